The van der Waals surface area contributed by atoms with Gasteiger partial charge < -0.3 is 4.42 Å². The number of para-hydroxylation sites is 1. The number of nitrogens with zero attached hydrogens (tertiary/aromatic N) is 3. The lowest BCUT2D eigenvalue weighted by Gasteiger charge is -2.28. The third-order valence-corrected chi connectivity index (χ3v) is 12.6. The van der Waals surface area contributed by atoms with Crippen LogP contribution in [0.5, 0.6) is 0 Å². The molecular formula is C52H35N3OS. The van der Waals surface area contributed by atoms with Gasteiger partial charge in [0.15, 0.2) is 11.6 Å². The average molecular weight is 750 g/mol. The first kappa shape index (κ1) is 33.4. The van der Waals surface area contributed by atoms with E-state index in [1.165, 1.54) is 48.0 Å². The molecule has 57 heavy (non-hydrogen) atoms. The second kappa shape index (κ2) is 13.4. The second-order valence-corrected chi connectivity index (χ2v) is 16.0. The van der Waals surface area contributed by atoms with E-state index in [-0.39, 0.29) is 0 Å². The van der Waals surface area contributed by atoms with Crippen LogP contribution in [0.1, 0.15) is 24.7 Å². The zero-order valence-corrected chi connectivity index (χ0v) is 32.0. The number of hydrogen-bond acceptors (Lipinski definition) is 5. The Labute approximate surface area is 334 Å². The van der Waals surface area contributed by atoms with Gasteiger partial charge in [-0.15, -0.1) is 11.3 Å². The minimum atomic E-state index is -0.502. The molecule has 11 rings (SSSR count). The minimum absolute atomic E-state index is 0.502. The summed E-state index contributed by atoms with van der Waals surface area (Å²) in [4.78, 5) is 15.7. The van der Waals surface area contributed by atoms with Gasteiger partial charge in [-0.25, -0.2) is 15.0 Å². The predicted molar refractivity (Wildman–Crippen MR) is 237 cm³/mol. The van der Waals surface area contributed by atoms with Crippen molar-refractivity contribution in [2.45, 2.75) is 18.8 Å². The van der Waals surface area contributed by atoms with E-state index < -0.39 is 5.41 Å². The Morgan fingerprint density at radius 1 is 0.491 bits per heavy atom. The summed E-state index contributed by atoms with van der Waals surface area (Å²) in [6.07, 6.45) is 7.67. The number of benzene rings is 7. The molecule has 5 heteroatoms. The van der Waals surface area contributed by atoms with E-state index in [0.717, 1.165) is 50.9 Å². The highest BCUT2D eigenvalue weighted by Crippen LogP contribution is 2.45. The summed E-state index contributed by atoms with van der Waals surface area (Å²) in [5.41, 5.74) is 10.2. The Balaban J connectivity index is 1.05. The molecule has 0 saturated carbocycles. The molecule has 0 radical (unpaired) electrons. The van der Waals surface area contributed by atoms with Crippen LogP contribution in [-0.2, 0) is 5.41 Å². The molecule has 0 saturated heterocycles. The normalized spacial score (nSPS) is 15.5. The van der Waals surface area contributed by atoms with Crippen molar-refractivity contribution >= 4 is 59.0 Å². The van der Waals surface area contributed by atoms with Crippen molar-refractivity contribution in [3.63, 3.8) is 0 Å². The van der Waals surface area contributed by atoms with E-state index in [4.69, 9.17) is 19.4 Å². The molecule has 3 aromatic heterocycles. The highest BCUT2D eigenvalue weighted by Gasteiger charge is 2.31. The van der Waals surface area contributed by atoms with Gasteiger partial charge in [0.1, 0.15) is 17.0 Å². The Bertz CT molecular complexity index is 3210. The summed E-state index contributed by atoms with van der Waals surface area (Å²) in [6, 6.07) is 57.4. The molecule has 0 amide bonds. The lowest BCUT2D eigenvalue weighted by Crippen LogP contribution is -2.25. The van der Waals surface area contributed by atoms with Gasteiger partial charge in [0.2, 0.25) is 0 Å². The Hall–Kier alpha value is -6.95. The van der Waals surface area contributed by atoms with Gasteiger partial charge >= 0.3 is 0 Å². The van der Waals surface area contributed by atoms with Gasteiger partial charge in [-0.3, -0.25) is 0 Å². The monoisotopic (exact) mass is 749 g/mol. The van der Waals surface area contributed by atoms with Crippen LogP contribution in [0.2, 0.25) is 0 Å². The number of fused-ring (bicyclic) bond motifs is 6. The SMILES string of the molecule is CC1(c2nc(-c3ccc(-c4ccccc4)cc3)nc(-c3ccc4c(c3)oc3ccccc34)n2)C=C(c2cccc3c2sc2c(-c4ccccc4)cccc23)C=CC1. The largest absolute Gasteiger partial charge is 0.456 e. The molecule has 0 fully saturated rings. The first-order valence-corrected chi connectivity index (χ1v) is 20.1. The summed E-state index contributed by atoms with van der Waals surface area (Å²) >= 11 is 1.88. The fourth-order valence-electron chi connectivity index (χ4n) is 8.29. The number of thiophene rings is 1. The van der Waals surface area contributed by atoms with E-state index in [1.54, 1.807) is 0 Å². The lowest BCUT2D eigenvalue weighted by molar-refractivity contribution is 0.556. The molecule has 1 aliphatic carbocycles. The van der Waals surface area contributed by atoms with Gasteiger partial charge in [-0.05, 0) is 64.9 Å². The number of hydrogen-bond donors (Lipinski definition) is 0. The molecular weight excluding hydrogens is 715 g/mol. The van der Waals surface area contributed by atoms with Crippen LogP contribution in [-0.4, -0.2) is 15.0 Å². The highest BCUT2D eigenvalue weighted by molar-refractivity contribution is 7.26. The zero-order valence-electron chi connectivity index (χ0n) is 31.2. The maximum Gasteiger partial charge on any atom is 0.163 e. The Kier molecular flexibility index (Phi) is 7.83. The first-order chi connectivity index (χ1) is 28.1. The van der Waals surface area contributed by atoms with Gasteiger partial charge in [-0.2, -0.15) is 0 Å². The average Bonchev–Trinajstić information content (AvgIpc) is 3.85. The van der Waals surface area contributed by atoms with Crippen molar-refractivity contribution in [1.82, 2.24) is 15.0 Å². The molecule has 1 unspecified atom stereocenters. The maximum atomic E-state index is 6.31. The fourth-order valence-corrected chi connectivity index (χ4v) is 9.67. The number of aromatic nitrogens is 3. The van der Waals surface area contributed by atoms with Crippen molar-refractivity contribution in [2.75, 3.05) is 0 Å². The molecule has 0 N–H and O–H groups in total. The lowest BCUT2D eigenvalue weighted by atomic mass is 9.79. The van der Waals surface area contributed by atoms with Gasteiger partial charge in [0.05, 0.1) is 0 Å². The molecule has 0 bridgehead atoms. The van der Waals surface area contributed by atoms with Crippen LogP contribution in [0.15, 0.2) is 186 Å². The molecule has 1 aliphatic rings. The number of rotatable bonds is 6. The molecule has 270 valence electrons. The summed E-state index contributed by atoms with van der Waals surface area (Å²) in [6.45, 7) is 2.25. The topological polar surface area (TPSA) is 51.8 Å². The van der Waals surface area contributed by atoms with Crippen molar-refractivity contribution in [2.24, 2.45) is 0 Å². The van der Waals surface area contributed by atoms with Gasteiger partial charge in [0.25, 0.3) is 0 Å². The summed E-state index contributed by atoms with van der Waals surface area (Å²) < 4.78 is 8.90. The third-order valence-electron chi connectivity index (χ3n) is 11.3. The van der Waals surface area contributed by atoms with Crippen LogP contribution >= 0.6 is 11.3 Å². The fraction of sp³-hybridized carbons (Fsp3) is 0.0577. The van der Waals surface area contributed by atoms with Crippen molar-refractivity contribution in [3.8, 4) is 45.0 Å². The summed E-state index contributed by atoms with van der Waals surface area (Å²) in [5.74, 6) is 2.00. The van der Waals surface area contributed by atoms with E-state index in [1.807, 2.05) is 35.6 Å². The van der Waals surface area contributed by atoms with Crippen molar-refractivity contribution < 1.29 is 4.42 Å². The second-order valence-electron chi connectivity index (χ2n) is 15.0. The molecule has 1 atom stereocenters. The number of allylic oxidation sites excluding steroid dienone is 4. The van der Waals surface area contributed by atoms with E-state index >= 15 is 0 Å². The maximum absolute atomic E-state index is 6.31. The van der Waals surface area contributed by atoms with E-state index in [0.29, 0.717) is 11.6 Å². The van der Waals surface area contributed by atoms with Crippen LogP contribution in [0, 0.1) is 0 Å². The van der Waals surface area contributed by atoms with Crippen molar-refractivity contribution in [1.29, 1.82) is 0 Å². The highest BCUT2D eigenvalue weighted by atomic mass is 32.1. The molecule has 4 nitrogen and oxygen atoms in total. The standard InChI is InChI=1S/C52H35N3OS/c1-52(30-12-17-38(32-52)40-20-11-22-44-43-21-10-19-39(47(43)57-48(40)44)35-15-6-3-7-16-35)51-54-49(36-26-24-34(25-27-36)33-13-4-2-5-14-33)53-50(55-51)37-28-29-42-41-18-8-9-23-45(41)56-46(42)31-37/h2-29,31-32H,30H2,1H3. The first-order valence-electron chi connectivity index (χ1n) is 19.3. The van der Waals surface area contributed by atoms with Crippen LogP contribution in [0.4, 0.5) is 0 Å². The summed E-state index contributed by atoms with van der Waals surface area (Å²) in [7, 11) is 0. The van der Waals surface area contributed by atoms with Crippen molar-refractivity contribution in [3.05, 3.63) is 193 Å². The predicted octanol–water partition coefficient (Wildman–Crippen LogP) is 14.1. The Morgan fingerprint density at radius 2 is 1.07 bits per heavy atom. The quantitative estimate of drug-likeness (QED) is 0.170. The minimum Gasteiger partial charge on any atom is -0.456 e. The van der Waals surface area contributed by atoms with Gasteiger partial charge in [0, 0.05) is 47.5 Å². The molecule has 0 aliphatic heterocycles. The summed E-state index contributed by atoms with van der Waals surface area (Å²) in [5, 5.41) is 4.73. The van der Waals surface area contributed by atoms with E-state index in [2.05, 4.69) is 165 Å². The zero-order chi connectivity index (χ0) is 37.9. The van der Waals surface area contributed by atoms with Crippen LogP contribution in [0.25, 0.3) is 92.7 Å². The molecule has 10 aromatic rings. The van der Waals surface area contributed by atoms with Crippen LogP contribution < -0.4 is 0 Å². The molecule has 3 heterocycles. The Morgan fingerprint density at radius 3 is 1.84 bits per heavy atom. The molecule has 7 aromatic carbocycles. The smallest absolute Gasteiger partial charge is 0.163 e. The number of furan rings is 1. The third kappa shape index (κ3) is 5.78. The van der Waals surface area contributed by atoms with Crippen LogP contribution in [0.3, 0.4) is 0 Å². The molecule has 0 spiro atoms. The van der Waals surface area contributed by atoms with E-state index in [9.17, 15) is 0 Å². The van der Waals surface area contributed by atoms with Gasteiger partial charge in [-0.1, -0.05) is 164 Å².